The van der Waals surface area contributed by atoms with Crippen LogP contribution in [0, 0.1) is 11.3 Å². The van der Waals surface area contributed by atoms with E-state index in [2.05, 4.69) is 20.6 Å². The van der Waals surface area contributed by atoms with Crippen LogP contribution in [0.5, 0.6) is 0 Å². The van der Waals surface area contributed by atoms with Crippen molar-refractivity contribution in [1.29, 1.82) is 0 Å². The largest absolute Gasteiger partial charge is 0.467 e. The summed E-state index contributed by atoms with van der Waals surface area (Å²) in [7, 11) is 1.31. The quantitative estimate of drug-likeness (QED) is 0.561. The van der Waals surface area contributed by atoms with Crippen LogP contribution in [0.25, 0.3) is 0 Å². The molecule has 3 rings (SSSR count). The van der Waals surface area contributed by atoms with Crippen LogP contribution in [-0.4, -0.2) is 70.3 Å². The van der Waals surface area contributed by atoms with Gasteiger partial charge in [0.15, 0.2) is 0 Å². The highest BCUT2D eigenvalue weighted by Crippen LogP contribution is 2.29. The second-order valence-electron chi connectivity index (χ2n) is 10.5. The van der Waals surface area contributed by atoms with Crippen LogP contribution < -0.4 is 10.6 Å². The van der Waals surface area contributed by atoms with E-state index in [0.29, 0.717) is 19.4 Å². The van der Waals surface area contributed by atoms with Gasteiger partial charge in [-0.3, -0.25) is 19.4 Å². The molecule has 10 nitrogen and oxygen atoms in total. The predicted molar refractivity (Wildman–Crippen MR) is 128 cm³/mol. The summed E-state index contributed by atoms with van der Waals surface area (Å²) in [6.45, 7) is 6.03. The van der Waals surface area contributed by atoms with Crippen LogP contribution in [0.2, 0.25) is 0 Å². The molecule has 3 atom stereocenters. The zero-order valence-electron chi connectivity index (χ0n) is 21.1. The van der Waals surface area contributed by atoms with E-state index in [1.54, 1.807) is 0 Å². The summed E-state index contributed by atoms with van der Waals surface area (Å²) < 4.78 is 4.89. The van der Waals surface area contributed by atoms with Crippen molar-refractivity contribution in [1.82, 2.24) is 25.5 Å². The van der Waals surface area contributed by atoms with Crippen LogP contribution in [0.3, 0.4) is 0 Å². The van der Waals surface area contributed by atoms with Gasteiger partial charge in [-0.2, -0.15) is 0 Å². The van der Waals surface area contributed by atoms with Crippen LogP contribution in [-0.2, 0) is 19.1 Å². The molecule has 10 heteroatoms. The van der Waals surface area contributed by atoms with Crippen LogP contribution in [0.15, 0.2) is 18.6 Å². The fraction of sp³-hybridized carbons (Fsp3) is 0.680. The van der Waals surface area contributed by atoms with E-state index in [0.717, 1.165) is 32.1 Å². The fourth-order valence-electron chi connectivity index (χ4n) is 4.95. The molecule has 1 aromatic rings. The average Bonchev–Trinajstić information content (AvgIpc) is 3.35. The smallest absolute Gasteiger partial charge is 0.328 e. The zero-order chi connectivity index (χ0) is 25.6. The Balaban J connectivity index is 1.82. The highest BCUT2D eigenvalue weighted by Gasteiger charge is 2.43. The Hall–Kier alpha value is -3.04. The van der Waals surface area contributed by atoms with Crippen LogP contribution in [0.1, 0.15) is 76.2 Å². The maximum atomic E-state index is 13.6. The number of aromatic nitrogens is 2. The Labute approximate surface area is 206 Å². The Morgan fingerprint density at radius 1 is 1.03 bits per heavy atom. The van der Waals surface area contributed by atoms with Gasteiger partial charge in [-0.15, -0.1) is 0 Å². The van der Waals surface area contributed by atoms with E-state index in [-0.39, 0.29) is 17.5 Å². The topological polar surface area (TPSA) is 131 Å². The normalized spacial score (nSPS) is 20.6. The third kappa shape index (κ3) is 6.55. The van der Waals surface area contributed by atoms with Gasteiger partial charge < -0.3 is 20.3 Å². The number of likely N-dealkylation sites (tertiary alicyclic amines) is 1. The zero-order valence-corrected chi connectivity index (χ0v) is 21.1. The molecule has 0 unspecified atom stereocenters. The number of hydrogen-bond donors (Lipinski definition) is 2. The van der Waals surface area contributed by atoms with E-state index >= 15 is 0 Å². The molecular weight excluding hydrogens is 450 g/mol. The first-order valence-electron chi connectivity index (χ1n) is 12.4. The number of methoxy groups -OCH3 is 1. The third-order valence-corrected chi connectivity index (χ3v) is 6.89. The van der Waals surface area contributed by atoms with Crippen LogP contribution >= 0.6 is 0 Å². The third-order valence-electron chi connectivity index (χ3n) is 6.89. The summed E-state index contributed by atoms with van der Waals surface area (Å²) in [5, 5.41) is 5.78. The monoisotopic (exact) mass is 487 g/mol. The number of amides is 3. The summed E-state index contributed by atoms with van der Waals surface area (Å²) in [5.74, 6) is -1.70. The molecule has 3 amide bonds. The van der Waals surface area contributed by atoms with Gasteiger partial charge in [0.05, 0.1) is 13.3 Å². The maximum Gasteiger partial charge on any atom is 0.328 e. The Bertz CT molecular complexity index is 911. The van der Waals surface area contributed by atoms with Gasteiger partial charge in [0.1, 0.15) is 23.8 Å². The van der Waals surface area contributed by atoms with Crippen molar-refractivity contribution >= 4 is 23.7 Å². The highest BCUT2D eigenvalue weighted by molar-refractivity contribution is 5.97. The lowest BCUT2D eigenvalue weighted by atomic mass is 9.82. The first kappa shape index (κ1) is 26.6. The number of hydrogen-bond acceptors (Lipinski definition) is 7. The lowest BCUT2D eigenvalue weighted by molar-refractivity contribution is -0.153. The second kappa shape index (κ2) is 11.6. The molecule has 1 saturated heterocycles. The fourth-order valence-corrected chi connectivity index (χ4v) is 4.95. The van der Waals surface area contributed by atoms with Crippen molar-refractivity contribution in [2.45, 2.75) is 83.8 Å². The number of rotatable bonds is 7. The van der Waals surface area contributed by atoms with Crippen molar-refractivity contribution in [2.24, 2.45) is 11.3 Å². The first-order valence-corrected chi connectivity index (χ1v) is 12.4. The maximum absolute atomic E-state index is 13.6. The van der Waals surface area contributed by atoms with Gasteiger partial charge in [-0.1, -0.05) is 40.0 Å². The van der Waals surface area contributed by atoms with E-state index in [1.807, 2.05) is 20.8 Å². The number of carbonyl (C=O) groups is 4. The Kier molecular flexibility index (Phi) is 8.80. The number of ether oxygens (including phenoxy) is 1. The van der Waals surface area contributed by atoms with Gasteiger partial charge in [0.25, 0.3) is 5.91 Å². The van der Waals surface area contributed by atoms with Crippen molar-refractivity contribution in [3.8, 4) is 0 Å². The molecule has 2 fully saturated rings. The second-order valence-corrected chi connectivity index (χ2v) is 10.5. The molecule has 0 aromatic carbocycles. The molecule has 1 aliphatic heterocycles. The minimum atomic E-state index is -0.875. The summed E-state index contributed by atoms with van der Waals surface area (Å²) in [6.07, 6.45) is 10.1. The van der Waals surface area contributed by atoms with E-state index in [9.17, 15) is 19.2 Å². The van der Waals surface area contributed by atoms with Crippen molar-refractivity contribution in [3.05, 3.63) is 24.3 Å². The molecule has 1 saturated carbocycles. The molecule has 2 heterocycles. The first-order chi connectivity index (χ1) is 16.6. The number of nitrogens with zero attached hydrogens (tertiary/aromatic N) is 3. The van der Waals surface area contributed by atoms with Crippen LogP contribution in [0.4, 0.5) is 0 Å². The van der Waals surface area contributed by atoms with Gasteiger partial charge >= 0.3 is 5.97 Å². The molecule has 0 bridgehead atoms. The predicted octanol–water partition coefficient (Wildman–Crippen LogP) is 1.85. The molecule has 2 N–H and O–H groups in total. The van der Waals surface area contributed by atoms with Gasteiger partial charge in [-0.05, 0) is 37.0 Å². The summed E-state index contributed by atoms with van der Waals surface area (Å²) in [4.78, 5) is 61.8. The van der Waals surface area contributed by atoms with Crippen molar-refractivity contribution in [3.63, 3.8) is 0 Å². The van der Waals surface area contributed by atoms with Gasteiger partial charge in [0, 0.05) is 18.9 Å². The molecule has 0 radical (unpaired) electrons. The summed E-state index contributed by atoms with van der Waals surface area (Å²) in [5.41, 5.74) is -0.496. The molecular formula is C25H37N5O5. The number of nitrogens with one attached hydrogen (secondary N) is 2. The molecule has 1 aromatic heterocycles. The molecule has 35 heavy (non-hydrogen) atoms. The number of carbonyl (C=O) groups excluding carboxylic acids is 4. The SMILES string of the molecule is COC(=O)[C@@H]1CCCN1C(=O)[C@@H](NC(=O)[C@@H](NC(=O)c1cnccn1)C1CCCCC1)C(C)(C)C. The molecule has 1 aliphatic carbocycles. The standard InChI is InChI=1S/C25H37N5O5/c1-25(2,3)20(23(33)30-14-8-11-18(30)24(34)35-4)29-22(32)19(16-9-6-5-7-10-16)28-21(31)17-15-26-12-13-27-17/h12-13,15-16,18-20H,5-11,14H2,1-4H3,(H,28,31)(H,29,32)/t18-,19-,20+/m0/s1. The summed E-state index contributed by atoms with van der Waals surface area (Å²) in [6, 6.07) is -2.34. The number of esters is 1. The van der Waals surface area contributed by atoms with E-state index < -0.39 is 41.3 Å². The Morgan fingerprint density at radius 3 is 2.34 bits per heavy atom. The molecule has 0 spiro atoms. The summed E-state index contributed by atoms with van der Waals surface area (Å²) >= 11 is 0. The minimum Gasteiger partial charge on any atom is -0.467 e. The molecule has 2 aliphatic rings. The highest BCUT2D eigenvalue weighted by atomic mass is 16.5. The van der Waals surface area contributed by atoms with Crippen molar-refractivity contribution < 1.29 is 23.9 Å². The minimum absolute atomic E-state index is 0.0466. The van der Waals surface area contributed by atoms with E-state index in [1.165, 1.54) is 30.6 Å². The average molecular weight is 488 g/mol. The van der Waals surface area contributed by atoms with Crippen molar-refractivity contribution in [2.75, 3.05) is 13.7 Å². The van der Waals surface area contributed by atoms with Gasteiger partial charge in [0.2, 0.25) is 11.8 Å². The van der Waals surface area contributed by atoms with E-state index in [4.69, 9.17) is 4.74 Å². The lowest BCUT2D eigenvalue weighted by Crippen LogP contribution is -2.61. The lowest BCUT2D eigenvalue weighted by Gasteiger charge is -2.37. The Morgan fingerprint density at radius 2 is 1.74 bits per heavy atom. The molecule has 192 valence electrons. The van der Waals surface area contributed by atoms with Gasteiger partial charge in [-0.25, -0.2) is 9.78 Å².